The highest BCUT2D eigenvalue weighted by Crippen LogP contribution is 2.69. The maximum Gasteiger partial charge on any atom is 0.305 e. The zero-order valence-electron chi connectivity index (χ0n) is 23.8. The third-order valence-corrected chi connectivity index (χ3v) is 12.4. The van der Waals surface area contributed by atoms with Crippen molar-refractivity contribution in [3.05, 3.63) is 97.7 Å². The minimum atomic E-state index is -0.538. The van der Waals surface area contributed by atoms with Crippen LogP contribution in [0, 0.1) is 35.4 Å². The molecule has 7 atom stereocenters. The van der Waals surface area contributed by atoms with Crippen molar-refractivity contribution in [3.63, 3.8) is 0 Å². The SMILES string of the molecule is O=C(COc1ccc(Cl)cc1[C@@H]1c2sc(=O)[nH]c2S[C@@H]2[C@@H]3C[C@@H]([C@@H]4C(=O)N(c5ccc(F)cc5)C(=O)[C@@H]34)[C@H]12)Nc1ccc(O)cc1. The summed E-state index contributed by atoms with van der Waals surface area (Å²) in [5.74, 6) is -2.70. The van der Waals surface area contributed by atoms with Gasteiger partial charge in [-0.3, -0.25) is 24.1 Å². The minimum Gasteiger partial charge on any atom is -0.508 e. The molecule has 0 radical (unpaired) electrons. The minimum absolute atomic E-state index is 0.0662. The Kier molecular flexibility index (Phi) is 7.00. The predicted molar refractivity (Wildman–Crippen MR) is 171 cm³/mol. The number of nitrogens with one attached hydrogen (secondary N) is 2. The topological polar surface area (TPSA) is 129 Å². The van der Waals surface area contributed by atoms with Gasteiger partial charge in [-0.15, -0.1) is 11.8 Å². The Hall–Kier alpha value is -4.13. The number of aromatic amines is 1. The molecule has 1 saturated heterocycles. The standard InChI is InChI=1S/C33H25ClFN3O6S2/c34-14-1-10-22(44-13-23(40)36-16-4-8-18(39)9-5-16)19(11-14)24-25-20-12-21(28(25)45-30-29(24)46-33(43)37-30)27-26(20)31(41)38(32(27)42)17-6-2-15(35)3-7-17/h1-11,20-21,24-28,39H,12-13H2,(H,36,40)(H,37,43)/t20-,21-,24+,25-,26+,27+,28-/m1/s1. The lowest BCUT2D eigenvalue weighted by Gasteiger charge is -2.43. The molecule has 13 heteroatoms. The molecule has 8 rings (SSSR count). The number of hydrogen-bond acceptors (Lipinski definition) is 8. The number of imide groups is 1. The van der Waals surface area contributed by atoms with Gasteiger partial charge >= 0.3 is 4.87 Å². The van der Waals surface area contributed by atoms with Crippen molar-refractivity contribution in [2.75, 3.05) is 16.8 Å². The van der Waals surface area contributed by atoms with Gasteiger partial charge in [-0.05, 0) is 90.9 Å². The third kappa shape index (κ3) is 4.65. The van der Waals surface area contributed by atoms with Crippen molar-refractivity contribution in [1.29, 1.82) is 0 Å². The first-order chi connectivity index (χ1) is 22.2. The number of benzene rings is 3. The van der Waals surface area contributed by atoms with Crippen molar-refractivity contribution < 1.29 is 28.6 Å². The van der Waals surface area contributed by atoms with Gasteiger partial charge in [-0.1, -0.05) is 22.9 Å². The molecule has 3 heterocycles. The molecule has 2 aliphatic carbocycles. The summed E-state index contributed by atoms with van der Waals surface area (Å²) >= 11 is 9.21. The van der Waals surface area contributed by atoms with Gasteiger partial charge in [0, 0.05) is 32.3 Å². The second-order valence-electron chi connectivity index (χ2n) is 12.0. The Bertz CT molecular complexity index is 1970. The van der Waals surface area contributed by atoms with Crippen molar-refractivity contribution in [2.24, 2.45) is 29.6 Å². The normalized spacial score (nSPS) is 27.3. The molecule has 3 amide bonds. The van der Waals surface area contributed by atoms with Crippen LogP contribution in [-0.4, -0.2) is 39.7 Å². The van der Waals surface area contributed by atoms with Crippen molar-refractivity contribution >= 4 is 63.8 Å². The molecule has 0 spiro atoms. The summed E-state index contributed by atoms with van der Waals surface area (Å²) in [5, 5.41) is 13.4. The van der Waals surface area contributed by atoms with Gasteiger partial charge in [0.15, 0.2) is 6.61 Å². The zero-order chi connectivity index (χ0) is 31.9. The predicted octanol–water partition coefficient (Wildman–Crippen LogP) is 5.63. The molecule has 3 aromatic carbocycles. The molecule has 1 aromatic heterocycles. The van der Waals surface area contributed by atoms with Gasteiger partial charge in [-0.2, -0.15) is 0 Å². The molecular formula is C33H25ClFN3O6S2. The summed E-state index contributed by atoms with van der Waals surface area (Å²) in [7, 11) is 0. The van der Waals surface area contributed by atoms with Crippen LogP contribution >= 0.6 is 34.7 Å². The maximum absolute atomic E-state index is 14.0. The summed E-state index contributed by atoms with van der Waals surface area (Å²) < 4.78 is 19.8. The van der Waals surface area contributed by atoms with E-state index in [4.69, 9.17) is 16.3 Å². The van der Waals surface area contributed by atoms with Crippen LogP contribution in [0.5, 0.6) is 11.5 Å². The summed E-state index contributed by atoms with van der Waals surface area (Å²) in [5.41, 5.74) is 1.56. The number of halogens is 2. The quantitative estimate of drug-likeness (QED) is 0.178. The van der Waals surface area contributed by atoms with Crippen molar-refractivity contribution in [3.8, 4) is 11.5 Å². The van der Waals surface area contributed by atoms with E-state index in [1.165, 1.54) is 41.3 Å². The van der Waals surface area contributed by atoms with Crippen LogP contribution in [0.4, 0.5) is 15.8 Å². The number of thioether (sulfide) groups is 1. The summed E-state index contributed by atoms with van der Waals surface area (Å²) in [4.78, 5) is 58.1. The Labute approximate surface area is 274 Å². The fourth-order valence-corrected chi connectivity index (χ4v) is 11.0. The Morgan fingerprint density at radius 1 is 1.02 bits per heavy atom. The molecule has 9 nitrogen and oxygen atoms in total. The number of fused-ring (bicyclic) bond motifs is 9. The summed E-state index contributed by atoms with van der Waals surface area (Å²) in [6, 6.07) is 16.6. The van der Waals surface area contributed by atoms with E-state index in [0.717, 1.165) is 21.2 Å². The molecule has 234 valence electrons. The van der Waals surface area contributed by atoms with Crippen LogP contribution < -0.4 is 19.8 Å². The van der Waals surface area contributed by atoms with E-state index in [-0.39, 0.29) is 58.0 Å². The number of ether oxygens (including phenoxy) is 1. The molecule has 3 N–H and O–H groups in total. The first-order valence-electron chi connectivity index (χ1n) is 14.7. The Balaban J connectivity index is 1.14. The highest BCUT2D eigenvalue weighted by atomic mass is 35.5. The van der Waals surface area contributed by atoms with E-state index in [2.05, 4.69) is 10.3 Å². The smallest absolute Gasteiger partial charge is 0.305 e. The van der Waals surface area contributed by atoms with E-state index in [1.807, 2.05) is 0 Å². The zero-order valence-corrected chi connectivity index (χ0v) is 26.2. The molecule has 2 aliphatic heterocycles. The number of carbonyl (C=O) groups is 3. The number of amides is 3. The molecule has 46 heavy (non-hydrogen) atoms. The molecular weight excluding hydrogens is 653 g/mol. The second-order valence-corrected chi connectivity index (χ2v) is 14.7. The van der Waals surface area contributed by atoms with Crippen molar-refractivity contribution in [2.45, 2.75) is 22.6 Å². The molecule has 4 aliphatic rings. The number of nitrogens with zero attached hydrogens (tertiary/aromatic N) is 1. The number of phenolic OH excluding ortho intramolecular Hbond substituents is 1. The van der Waals surface area contributed by atoms with E-state index in [9.17, 15) is 28.7 Å². The van der Waals surface area contributed by atoms with Crippen LogP contribution in [-0.2, 0) is 14.4 Å². The van der Waals surface area contributed by atoms with E-state index in [1.54, 1.807) is 42.1 Å². The Morgan fingerprint density at radius 3 is 2.48 bits per heavy atom. The number of thiazole rings is 1. The lowest BCUT2D eigenvalue weighted by molar-refractivity contribution is -0.123. The third-order valence-electron chi connectivity index (χ3n) is 9.63. The van der Waals surface area contributed by atoms with Crippen LogP contribution in [0.1, 0.15) is 22.8 Å². The summed E-state index contributed by atoms with van der Waals surface area (Å²) in [6.07, 6.45) is 0.688. The Morgan fingerprint density at radius 2 is 1.74 bits per heavy atom. The second kappa shape index (κ2) is 11.0. The fraction of sp³-hybridized carbons (Fsp3) is 0.273. The highest BCUT2D eigenvalue weighted by molar-refractivity contribution is 8.00. The number of aromatic nitrogens is 1. The number of carbonyl (C=O) groups excluding carboxylic acids is 3. The van der Waals surface area contributed by atoms with Gasteiger partial charge in [0.1, 0.15) is 17.3 Å². The van der Waals surface area contributed by atoms with Crippen LogP contribution in [0.2, 0.25) is 5.02 Å². The fourth-order valence-electron chi connectivity index (χ4n) is 7.99. The number of phenols is 1. The highest BCUT2D eigenvalue weighted by Gasteiger charge is 2.69. The van der Waals surface area contributed by atoms with E-state index < -0.39 is 23.6 Å². The molecule has 2 bridgehead atoms. The maximum atomic E-state index is 14.0. The van der Waals surface area contributed by atoms with Crippen LogP contribution in [0.3, 0.4) is 0 Å². The van der Waals surface area contributed by atoms with Gasteiger partial charge in [0.2, 0.25) is 11.8 Å². The van der Waals surface area contributed by atoms with Gasteiger partial charge in [0.25, 0.3) is 5.91 Å². The molecule has 4 aromatic rings. The van der Waals surface area contributed by atoms with Gasteiger partial charge in [0.05, 0.1) is 22.5 Å². The van der Waals surface area contributed by atoms with E-state index >= 15 is 0 Å². The van der Waals surface area contributed by atoms with Crippen LogP contribution in [0.15, 0.2) is 76.6 Å². The monoisotopic (exact) mass is 677 g/mol. The number of rotatable bonds is 6. The van der Waals surface area contributed by atoms with Gasteiger partial charge < -0.3 is 20.1 Å². The number of H-pyrrole nitrogens is 1. The molecule has 2 saturated carbocycles. The van der Waals surface area contributed by atoms with Crippen LogP contribution in [0.25, 0.3) is 0 Å². The largest absolute Gasteiger partial charge is 0.508 e. The number of anilines is 2. The average Bonchev–Trinajstić information content (AvgIpc) is 3.77. The number of aromatic hydroxyl groups is 1. The molecule has 3 fully saturated rings. The van der Waals surface area contributed by atoms with Gasteiger partial charge in [-0.25, -0.2) is 4.39 Å². The lowest BCUT2D eigenvalue weighted by Crippen LogP contribution is -2.42. The van der Waals surface area contributed by atoms with E-state index in [0.29, 0.717) is 34.1 Å². The average molecular weight is 678 g/mol. The number of hydrogen-bond donors (Lipinski definition) is 3. The first-order valence-corrected chi connectivity index (χ1v) is 16.8. The first kappa shape index (κ1) is 29.3. The lowest BCUT2D eigenvalue weighted by atomic mass is 9.68. The van der Waals surface area contributed by atoms with Crippen molar-refractivity contribution in [1.82, 2.24) is 4.98 Å². The summed E-state index contributed by atoms with van der Waals surface area (Å²) in [6.45, 7) is -0.308. The molecule has 0 unspecified atom stereocenters.